The van der Waals surface area contributed by atoms with Gasteiger partial charge in [-0.2, -0.15) is 18.2 Å². The maximum atomic E-state index is 8.57. The molecule has 0 atom stereocenters. The largest absolute Gasteiger partial charge is 2.00 e. The molecule has 0 saturated heterocycles. The fourth-order valence-corrected chi connectivity index (χ4v) is 0.714. The minimum atomic E-state index is -4.01. The first-order valence-electron chi connectivity index (χ1n) is 3.95. The van der Waals surface area contributed by atoms with Gasteiger partial charge in [-0.3, -0.25) is 0 Å². The van der Waals surface area contributed by atoms with Crippen LogP contribution in [0.5, 0.6) is 0 Å². The van der Waals surface area contributed by atoms with Crippen molar-refractivity contribution in [2.24, 2.45) is 0 Å². The van der Waals surface area contributed by atoms with Crippen molar-refractivity contribution in [3.8, 4) is 0 Å². The van der Waals surface area contributed by atoms with Crippen molar-refractivity contribution in [1.29, 1.82) is 0 Å². The molecule has 0 heterocycles. The summed E-state index contributed by atoms with van der Waals surface area (Å²) in [6.45, 7) is 0. The van der Waals surface area contributed by atoms with E-state index in [-0.39, 0.29) is 17.1 Å². The average molecular weight is 362 g/mol. The van der Waals surface area contributed by atoms with Gasteiger partial charge in [-0.1, -0.05) is 24.3 Å². The molecular formula is C10H11FeIO3. The van der Waals surface area contributed by atoms with Gasteiger partial charge in [-0.05, 0) is 6.42 Å². The van der Waals surface area contributed by atoms with Gasteiger partial charge < -0.3 is 10.3 Å². The standard InChI is InChI=1S/C5H6.C5H5.Fe.IO3/c2*1-2-4-5-3-1;;2-1(3)4/h1-4H,5H2;1-5H;;/q;-1;+2;-1. The summed E-state index contributed by atoms with van der Waals surface area (Å²) in [4.78, 5) is 0. The Morgan fingerprint density at radius 1 is 0.933 bits per heavy atom. The van der Waals surface area contributed by atoms with Crippen LogP contribution in [0.1, 0.15) is 6.42 Å². The van der Waals surface area contributed by atoms with E-state index in [1.54, 1.807) is 0 Å². The molecule has 15 heavy (non-hydrogen) atoms. The second kappa shape index (κ2) is 14.0. The topological polar surface area (TPSA) is 69.2 Å². The fourth-order valence-electron chi connectivity index (χ4n) is 0.714. The number of hydrogen-bond acceptors (Lipinski definition) is 3. The van der Waals surface area contributed by atoms with Crippen LogP contribution in [-0.4, -0.2) is 0 Å². The van der Waals surface area contributed by atoms with Crippen LogP contribution in [-0.2, 0) is 17.1 Å². The molecule has 0 aromatic heterocycles. The van der Waals surface area contributed by atoms with E-state index < -0.39 is 21.1 Å². The zero-order chi connectivity index (χ0) is 10.6. The van der Waals surface area contributed by atoms with Crippen molar-refractivity contribution in [1.82, 2.24) is 0 Å². The Hall–Kier alpha value is -0.0405. The molecule has 2 rings (SSSR count). The molecule has 84 valence electrons. The van der Waals surface area contributed by atoms with E-state index in [0.29, 0.717) is 0 Å². The Kier molecular flexibility index (Phi) is 16.2. The molecule has 0 radical (unpaired) electrons. The van der Waals surface area contributed by atoms with E-state index in [2.05, 4.69) is 24.3 Å². The van der Waals surface area contributed by atoms with Crippen molar-refractivity contribution in [2.75, 3.05) is 0 Å². The van der Waals surface area contributed by atoms with E-state index in [1.807, 2.05) is 30.3 Å². The summed E-state index contributed by atoms with van der Waals surface area (Å²) in [6.07, 6.45) is 9.50. The molecule has 0 spiro atoms. The predicted octanol–water partition coefficient (Wildman–Crippen LogP) is -3.66. The maximum absolute atomic E-state index is 8.57. The van der Waals surface area contributed by atoms with Gasteiger partial charge in [-0.25, -0.2) is 12.1 Å². The van der Waals surface area contributed by atoms with Gasteiger partial charge in [0.2, 0.25) is 0 Å². The van der Waals surface area contributed by atoms with Gasteiger partial charge in [-0.15, -0.1) is 0 Å². The Bertz CT molecular complexity index is 215. The van der Waals surface area contributed by atoms with Crippen molar-refractivity contribution in [2.45, 2.75) is 6.42 Å². The van der Waals surface area contributed by atoms with Gasteiger partial charge in [0.15, 0.2) is 0 Å². The van der Waals surface area contributed by atoms with Crippen LogP contribution in [0.4, 0.5) is 0 Å². The third kappa shape index (κ3) is 20.1. The minimum absolute atomic E-state index is 0. The quantitative estimate of drug-likeness (QED) is 0.272. The predicted molar refractivity (Wildman–Crippen MR) is 44.9 cm³/mol. The molecule has 0 amide bonds. The average Bonchev–Trinajstić information content (AvgIpc) is 2.83. The van der Waals surface area contributed by atoms with Crippen molar-refractivity contribution in [3.63, 3.8) is 0 Å². The minimum Gasteiger partial charge on any atom is -0.427 e. The Labute approximate surface area is 109 Å². The summed E-state index contributed by atoms with van der Waals surface area (Å²) in [5.74, 6) is 0. The van der Waals surface area contributed by atoms with Gasteiger partial charge >= 0.3 is 17.1 Å². The molecule has 1 aliphatic rings. The molecule has 1 aromatic rings. The van der Waals surface area contributed by atoms with Crippen LogP contribution in [0.25, 0.3) is 0 Å². The maximum Gasteiger partial charge on any atom is 2.00 e. The second-order valence-corrected chi connectivity index (χ2v) is 3.32. The first-order chi connectivity index (χ1) is 6.73. The van der Waals surface area contributed by atoms with Crippen LogP contribution in [0, 0.1) is 0 Å². The first-order valence-corrected chi connectivity index (χ1v) is 6.59. The Morgan fingerprint density at radius 3 is 1.47 bits per heavy atom. The second-order valence-electron chi connectivity index (χ2n) is 2.24. The third-order valence-corrected chi connectivity index (χ3v) is 1.21. The van der Waals surface area contributed by atoms with Crippen molar-refractivity contribution >= 4 is 0 Å². The molecule has 0 N–H and O–H groups in total. The molecule has 0 saturated carbocycles. The Morgan fingerprint density at radius 2 is 1.33 bits per heavy atom. The van der Waals surface area contributed by atoms with Crippen molar-refractivity contribution < 1.29 is 48.4 Å². The van der Waals surface area contributed by atoms with Crippen LogP contribution >= 0.6 is 0 Å². The normalized spacial score (nSPS) is 10.9. The smallest absolute Gasteiger partial charge is 0.427 e. The molecule has 0 aliphatic heterocycles. The summed E-state index contributed by atoms with van der Waals surface area (Å²) in [5, 5.41) is 0. The fraction of sp³-hybridized carbons (Fsp3) is 0.100. The van der Waals surface area contributed by atoms with Crippen LogP contribution in [0.3, 0.4) is 0 Å². The van der Waals surface area contributed by atoms with E-state index in [9.17, 15) is 0 Å². The summed E-state index contributed by atoms with van der Waals surface area (Å²) >= 11 is -4.01. The van der Waals surface area contributed by atoms with E-state index >= 15 is 0 Å². The van der Waals surface area contributed by atoms with Gasteiger partial charge in [0.1, 0.15) is 0 Å². The van der Waals surface area contributed by atoms with Gasteiger partial charge in [0, 0.05) is 0 Å². The van der Waals surface area contributed by atoms with E-state index in [4.69, 9.17) is 10.3 Å². The molecule has 0 fully saturated rings. The molecule has 1 aliphatic carbocycles. The summed E-state index contributed by atoms with van der Waals surface area (Å²) in [6, 6.07) is 10.0. The molecule has 5 heteroatoms. The number of allylic oxidation sites excluding steroid dienone is 4. The van der Waals surface area contributed by atoms with Gasteiger partial charge in [0.05, 0.1) is 0 Å². The first kappa shape index (κ1) is 17.4. The van der Waals surface area contributed by atoms with Crippen LogP contribution < -0.4 is 31.4 Å². The number of rotatable bonds is 0. The van der Waals surface area contributed by atoms with Crippen molar-refractivity contribution in [3.05, 3.63) is 54.6 Å². The molecule has 0 bridgehead atoms. The van der Waals surface area contributed by atoms with Crippen LogP contribution in [0.2, 0.25) is 0 Å². The van der Waals surface area contributed by atoms with E-state index in [1.165, 1.54) is 0 Å². The molecule has 0 unspecified atom stereocenters. The van der Waals surface area contributed by atoms with Gasteiger partial charge in [0.25, 0.3) is 21.1 Å². The number of halogens is 1. The molecular weight excluding hydrogens is 351 g/mol. The zero-order valence-corrected chi connectivity index (χ0v) is 11.1. The Balaban J connectivity index is 0. The monoisotopic (exact) mass is 362 g/mol. The molecule has 1 aromatic carbocycles. The zero-order valence-electron chi connectivity index (χ0n) is 7.86. The van der Waals surface area contributed by atoms with E-state index in [0.717, 1.165) is 6.42 Å². The molecule has 3 nitrogen and oxygen atoms in total. The summed E-state index contributed by atoms with van der Waals surface area (Å²) < 4.78 is 25.7. The summed E-state index contributed by atoms with van der Waals surface area (Å²) in [7, 11) is 0. The third-order valence-electron chi connectivity index (χ3n) is 1.21. The SMILES string of the molecule is C1=CCC=C1.[Fe+2].[O-][I+2]([O-])[O-].c1cc[cH-]c1. The summed E-state index contributed by atoms with van der Waals surface area (Å²) in [5.41, 5.74) is 0. The number of hydrogen-bond donors (Lipinski definition) is 0. The van der Waals surface area contributed by atoms with Crippen LogP contribution in [0.15, 0.2) is 54.6 Å².